The molecule has 0 fully saturated rings. The van der Waals surface area contributed by atoms with E-state index in [1.165, 1.54) is 12.5 Å². The van der Waals surface area contributed by atoms with Crippen LogP contribution >= 0.6 is 0 Å². The molecule has 4 nitrogen and oxygen atoms in total. The number of phenols is 2. The maximum absolute atomic E-state index is 10.2. The molecule has 0 unspecified atom stereocenters. The number of rotatable bonds is 8. The molecule has 0 aliphatic carbocycles. The Kier molecular flexibility index (Phi) is 6.67. The van der Waals surface area contributed by atoms with E-state index >= 15 is 0 Å². The van der Waals surface area contributed by atoms with Crippen molar-refractivity contribution in [2.45, 2.75) is 45.4 Å². The van der Waals surface area contributed by atoms with Gasteiger partial charge in [-0.15, -0.1) is 0 Å². The first kappa shape index (κ1) is 17.9. The van der Waals surface area contributed by atoms with E-state index in [0.717, 1.165) is 36.8 Å². The number of hydrogen-bond acceptors (Lipinski definition) is 4. The highest BCUT2D eigenvalue weighted by molar-refractivity contribution is 6.04. The molecule has 2 aromatic carbocycles. The van der Waals surface area contributed by atoms with Gasteiger partial charge in [0.2, 0.25) is 0 Å². The maximum atomic E-state index is 10.2. The average molecular weight is 327 g/mol. The van der Waals surface area contributed by atoms with Gasteiger partial charge in [0.25, 0.3) is 0 Å². The van der Waals surface area contributed by atoms with Crippen molar-refractivity contribution >= 4 is 5.71 Å². The summed E-state index contributed by atoms with van der Waals surface area (Å²) in [5.41, 5.74) is 2.61. The van der Waals surface area contributed by atoms with E-state index < -0.39 is 0 Å². The number of aryl methyl sites for hydroxylation is 1. The summed E-state index contributed by atoms with van der Waals surface area (Å²) in [7, 11) is 0. The lowest BCUT2D eigenvalue weighted by molar-refractivity contribution is 0.318. The van der Waals surface area contributed by atoms with E-state index in [-0.39, 0.29) is 11.5 Å². The fourth-order valence-electron chi connectivity index (χ4n) is 2.77. The molecule has 2 rings (SSSR count). The summed E-state index contributed by atoms with van der Waals surface area (Å²) in [6.45, 7) is 2.16. The molecule has 0 heterocycles. The molecule has 2 aromatic rings. The minimum absolute atomic E-state index is 0.0754. The zero-order valence-corrected chi connectivity index (χ0v) is 14.1. The first-order valence-corrected chi connectivity index (χ1v) is 8.45. The van der Waals surface area contributed by atoms with E-state index in [2.05, 4.69) is 12.1 Å². The van der Waals surface area contributed by atoms with E-state index in [4.69, 9.17) is 0 Å². The number of aromatic hydroxyl groups is 2. The molecular formula is C20H25NO3. The Labute approximate surface area is 143 Å². The summed E-state index contributed by atoms with van der Waals surface area (Å²) in [4.78, 5) is 0. The van der Waals surface area contributed by atoms with Gasteiger partial charge < -0.3 is 15.4 Å². The van der Waals surface area contributed by atoms with Crippen LogP contribution in [0, 0.1) is 0 Å². The maximum Gasteiger partial charge on any atom is 0.128 e. The second-order valence-electron chi connectivity index (χ2n) is 6.02. The summed E-state index contributed by atoms with van der Waals surface area (Å²) < 4.78 is 0. The minimum atomic E-state index is -0.0754. The van der Waals surface area contributed by atoms with E-state index in [1.54, 1.807) is 6.07 Å². The Bertz CT molecular complexity index is 681. The van der Waals surface area contributed by atoms with E-state index in [9.17, 15) is 15.4 Å². The monoisotopic (exact) mass is 327 g/mol. The Hall–Kier alpha value is -2.49. The van der Waals surface area contributed by atoms with Crippen LogP contribution < -0.4 is 0 Å². The molecule has 0 atom stereocenters. The quantitative estimate of drug-likeness (QED) is 0.286. The van der Waals surface area contributed by atoms with Crippen molar-refractivity contribution in [3.63, 3.8) is 0 Å². The van der Waals surface area contributed by atoms with Gasteiger partial charge in [0.05, 0.1) is 5.71 Å². The fourth-order valence-corrected chi connectivity index (χ4v) is 2.77. The van der Waals surface area contributed by atoms with Gasteiger partial charge in [0.1, 0.15) is 11.5 Å². The number of phenolic OH excluding ortho intramolecular Hbond substituents is 2. The summed E-state index contributed by atoms with van der Waals surface area (Å²) in [5.74, 6) is 0.0123. The van der Waals surface area contributed by atoms with Gasteiger partial charge in [0.15, 0.2) is 0 Å². The van der Waals surface area contributed by atoms with Crippen LogP contribution in [0.25, 0.3) is 0 Å². The van der Waals surface area contributed by atoms with Crippen molar-refractivity contribution in [1.82, 2.24) is 0 Å². The first-order valence-electron chi connectivity index (χ1n) is 8.45. The molecular weight excluding hydrogens is 302 g/mol. The molecule has 0 aromatic heterocycles. The smallest absolute Gasteiger partial charge is 0.128 e. The van der Waals surface area contributed by atoms with Crippen LogP contribution in [0.3, 0.4) is 0 Å². The normalized spacial score (nSPS) is 11.6. The molecule has 128 valence electrons. The largest absolute Gasteiger partial charge is 0.508 e. The highest BCUT2D eigenvalue weighted by Gasteiger charge is 2.15. The molecule has 3 N–H and O–H groups in total. The van der Waals surface area contributed by atoms with Gasteiger partial charge in [-0.3, -0.25) is 0 Å². The summed E-state index contributed by atoms with van der Waals surface area (Å²) in [5, 5.41) is 33.0. The van der Waals surface area contributed by atoms with Gasteiger partial charge >= 0.3 is 0 Å². The average Bonchev–Trinajstić information content (AvgIpc) is 2.59. The van der Waals surface area contributed by atoms with Gasteiger partial charge in [0, 0.05) is 18.1 Å². The molecule has 0 saturated carbocycles. The summed E-state index contributed by atoms with van der Waals surface area (Å²) in [6, 6.07) is 12.7. The predicted molar refractivity (Wildman–Crippen MR) is 96.1 cm³/mol. The molecule has 24 heavy (non-hydrogen) atoms. The lowest BCUT2D eigenvalue weighted by Gasteiger charge is -2.12. The Morgan fingerprint density at radius 3 is 2.38 bits per heavy atom. The summed E-state index contributed by atoms with van der Waals surface area (Å²) in [6.07, 6.45) is 5.56. The van der Waals surface area contributed by atoms with Crippen molar-refractivity contribution in [3.8, 4) is 11.5 Å². The van der Waals surface area contributed by atoms with Crippen LogP contribution in [0.15, 0.2) is 47.6 Å². The van der Waals surface area contributed by atoms with Crippen LogP contribution in [0.2, 0.25) is 0 Å². The Morgan fingerprint density at radius 2 is 1.71 bits per heavy atom. The first-order chi connectivity index (χ1) is 11.7. The summed E-state index contributed by atoms with van der Waals surface area (Å²) >= 11 is 0. The minimum Gasteiger partial charge on any atom is -0.508 e. The molecule has 0 amide bonds. The highest BCUT2D eigenvalue weighted by atomic mass is 16.4. The number of benzene rings is 2. The van der Waals surface area contributed by atoms with E-state index in [0.29, 0.717) is 17.7 Å². The standard InChI is InChI=1S/C20H25NO3/c1-2-3-4-8-11-16-13-17(20(23)14-19(16)22)18(21-24)12-15-9-6-5-7-10-15/h5-7,9-10,13-14,22-24H,2-4,8,11-12H2,1H3/b21-18-. The Morgan fingerprint density at radius 1 is 0.958 bits per heavy atom. The van der Waals surface area contributed by atoms with Crippen LogP contribution in [-0.4, -0.2) is 21.1 Å². The lowest BCUT2D eigenvalue weighted by atomic mass is 9.97. The number of unbranched alkanes of at least 4 members (excludes halogenated alkanes) is 3. The second-order valence-corrected chi connectivity index (χ2v) is 6.02. The van der Waals surface area contributed by atoms with Crippen molar-refractivity contribution in [3.05, 3.63) is 59.2 Å². The third kappa shape index (κ3) is 4.75. The van der Waals surface area contributed by atoms with Gasteiger partial charge in [-0.1, -0.05) is 61.7 Å². The van der Waals surface area contributed by atoms with Crippen LogP contribution in [0.4, 0.5) is 0 Å². The third-order valence-corrected chi connectivity index (χ3v) is 4.14. The van der Waals surface area contributed by atoms with Crippen LogP contribution in [0.5, 0.6) is 11.5 Å². The Balaban J connectivity index is 2.21. The van der Waals surface area contributed by atoms with Crippen molar-refractivity contribution in [2.24, 2.45) is 5.16 Å². The highest BCUT2D eigenvalue weighted by Crippen LogP contribution is 2.30. The molecule has 0 spiro atoms. The van der Waals surface area contributed by atoms with Crippen molar-refractivity contribution in [2.75, 3.05) is 0 Å². The fraction of sp³-hybridized carbons (Fsp3) is 0.350. The molecule has 0 saturated heterocycles. The van der Waals surface area contributed by atoms with Crippen LogP contribution in [-0.2, 0) is 12.8 Å². The number of hydrogen-bond donors (Lipinski definition) is 3. The van der Waals surface area contributed by atoms with Gasteiger partial charge in [-0.05, 0) is 30.0 Å². The lowest BCUT2D eigenvalue weighted by Crippen LogP contribution is -2.07. The second kappa shape index (κ2) is 8.96. The molecule has 0 aliphatic heterocycles. The zero-order valence-electron chi connectivity index (χ0n) is 14.1. The SMILES string of the molecule is CCCCCCc1cc(/C(Cc2ccccc2)=N\O)c(O)cc1O. The molecule has 4 heteroatoms. The molecule has 0 bridgehead atoms. The number of oxime groups is 1. The topological polar surface area (TPSA) is 73.1 Å². The predicted octanol–water partition coefficient (Wildman–Crippen LogP) is 4.64. The molecule has 0 radical (unpaired) electrons. The number of nitrogens with zero attached hydrogens (tertiary/aromatic N) is 1. The van der Waals surface area contributed by atoms with E-state index in [1.807, 2.05) is 30.3 Å². The van der Waals surface area contributed by atoms with Crippen molar-refractivity contribution in [1.29, 1.82) is 0 Å². The van der Waals surface area contributed by atoms with Gasteiger partial charge in [-0.2, -0.15) is 0 Å². The van der Waals surface area contributed by atoms with Gasteiger partial charge in [-0.25, -0.2) is 0 Å². The zero-order chi connectivity index (χ0) is 17.4. The van der Waals surface area contributed by atoms with Crippen molar-refractivity contribution < 1.29 is 15.4 Å². The van der Waals surface area contributed by atoms with Crippen LogP contribution in [0.1, 0.15) is 49.3 Å². The third-order valence-electron chi connectivity index (χ3n) is 4.14. The molecule has 0 aliphatic rings.